The topological polar surface area (TPSA) is 94.6 Å². The molecule has 0 saturated carbocycles. The normalized spacial score (nSPS) is 13.6. The summed E-state index contributed by atoms with van der Waals surface area (Å²) in [7, 11) is 0. The van der Waals surface area contributed by atoms with E-state index in [2.05, 4.69) is 18.2 Å². The molecule has 5 aromatic rings. The minimum absolute atomic E-state index is 0.0708. The maximum atomic E-state index is 12.3. The van der Waals surface area contributed by atoms with Crippen LogP contribution in [0.2, 0.25) is 0 Å². The molecule has 1 aliphatic carbocycles. The first-order valence-corrected chi connectivity index (χ1v) is 13.9. The van der Waals surface area contributed by atoms with Crippen LogP contribution in [-0.4, -0.2) is 27.2 Å². The van der Waals surface area contributed by atoms with Gasteiger partial charge in [0.1, 0.15) is 11.4 Å². The molecule has 0 spiro atoms. The summed E-state index contributed by atoms with van der Waals surface area (Å²) < 4.78 is 8.00. The number of fused-ring (bicyclic) bond motifs is 2. The second kappa shape index (κ2) is 11.3. The van der Waals surface area contributed by atoms with Gasteiger partial charge in [-0.15, -0.1) is 0 Å². The number of nitro benzene ring substituents is 1. The number of nitrogens with zero attached hydrogens (tertiary/aromatic N) is 2. The molecule has 206 valence electrons. The molecule has 41 heavy (non-hydrogen) atoms. The van der Waals surface area contributed by atoms with Crippen LogP contribution in [0.5, 0.6) is 5.75 Å². The monoisotopic (exact) mass is 546 g/mol. The first kappa shape index (κ1) is 26.3. The predicted octanol–water partition coefficient (Wildman–Crippen LogP) is 8.35. The lowest BCUT2D eigenvalue weighted by molar-refractivity contribution is -0.384. The van der Waals surface area contributed by atoms with Gasteiger partial charge < -0.3 is 14.4 Å². The highest BCUT2D eigenvalue weighted by Crippen LogP contribution is 2.41. The molecule has 1 aromatic heterocycles. The summed E-state index contributed by atoms with van der Waals surface area (Å²) >= 11 is 0. The zero-order valence-corrected chi connectivity index (χ0v) is 22.6. The van der Waals surface area contributed by atoms with Gasteiger partial charge in [-0.25, -0.2) is 4.79 Å². The maximum Gasteiger partial charge on any atom is 0.352 e. The summed E-state index contributed by atoms with van der Waals surface area (Å²) in [6.07, 6.45) is 4.48. The molecule has 0 aliphatic heterocycles. The summed E-state index contributed by atoms with van der Waals surface area (Å²) in [6, 6.07) is 28.6. The van der Waals surface area contributed by atoms with E-state index in [1.807, 2.05) is 59.2 Å². The van der Waals surface area contributed by atoms with Gasteiger partial charge in [0.15, 0.2) is 0 Å². The van der Waals surface area contributed by atoms with Crippen LogP contribution in [0, 0.1) is 10.1 Å². The molecular formula is C34H30N2O5. The van der Waals surface area contributed by atoms with Crippen LogP contribution in [0.3, 0.4) is 0 Å². The molecule has 0 unspecified atom stereocenters. The van der Waals surface area contributed by atoms with Gasteiger partial charge in [-0.2, -0.15) is 0 Å². The number of rotatable bonds is 9. The highest BCUT2D eigenvalue weighted by Gasteiger charge is 2.22. The molecule has 4 aromatic carbocycles. The van der Waals surface area contributed by atoms with Gasteiger partial charge in [-0.3, -0.25) is 10.1 Å². The van der Waals surface area contributed by atoms with E-state index in [0.29, 0.717) is 19.6 Å². The molecule has 0 fully saturated rings. The van der Waals surface area contributed by atoms with Gasteiger partial charge in [0.2, 0.25) is 0 Å². The Morgan fingerprint density at radius 1 is 0.878 bits per heavy atom. The molecule has 0 radical (unpaired) electrons. The average Bonchev–Trinajstić information content (AvgIpc) is 3.38. The third-order valence-corrected chi connectivity index (χ3v) is 7.92. The van der Waals surface area contributed by atoms with E-state index in [1.54, 1.807) is 18.2 Å². The fraction of sp³-hybridized carbons (Fsp3) is 0.206. The number of aryl methyl sites for hydroxylation is 1. The van der Waals surface area contributed by atoms with Crippen molar-refractivity contribution >= 4 is 44.5 Å². The largest absolute Gasteiger partial charge is 0.493 e. The van der Waals surface area contributed by atoms with Crippen molar-refractivity contribution < 1.29 is 19.6 Å². The summed E-state index contributed by atoms with van der Waals surface area (Å²) in [5, 5.41) is 24.4. The van der Waals surface area contributed by atoms with Crippen molar-refractivity contribution in [3.05, 3.63) is 118 Å². The van der Waals surface area contributed by atoms with Crippen LogP contribution in [-0.2, 0) is 6.54 Å². The summed E-state index contributed by atoms with van der Waals surface area (Å²) in [6.45, 7) is 0.968. The van der Waals surface area contributed by atoms with Crippen molar-refractivity contribution in [1.82, 2.24) is 4.57 Å². The Bertz CT molecular complexity index is 1790. The Balaban J connectivity index is 1.31. The Morgan fingerprint density at radius 3 is 2.39 bits per heavy atom. The number of hydrogen-bond acceptors (Lipinski definition) is 4. The molecule has 0 atom stereocenters. The number of allylic oxidation sites excluding steroid dienone is 2. The van der Waals surface area contributed by atoms with Crippen molar-refractivity contribution in [3.63, 3.8) is 0 Å². The number of nitro groups is 1. The number of carboxylic acid groups (broad SMARTS) is 1. The van der Waals surface area contributed by atoms with Crippen molar-refractivity contribution in [1.29, 1.82) is 0 Å². The van der Waals surface area contributed by atoms with Crippen LogP contribution in [0.25, 0.3) is 32.8 Å². The van der Waals surface area contributed by atoms with Gasteiger partial charge in [0, 0.05) is 35.0 Å². The van der Waals surface area contributed by atoms with E-state index < -0.39 is 5.97 Å². The SMILES string of the molecule is O=C(O)c1cc2c(C3=C(c4ccc([N+](=O)[O-])cc4)CCCC3)cccc2n1CCCOc1cccc2ccccc12. The molecule has 1 N–H and O–H groups in total. The zero-order chi connectivity index (χ0) is 28.3. The van der Waals surface area contributed by atoms with Gasteiger partial charge in [0.25, 0.3) is 5.69 Å². The third kappa shape index (κ3) is 5.18. The van der Waals surface area contributed by atoms with Crippen molar-refractivity contribution in [2.45, 2.75) is 38.6 Å². The van der Waals surface area contributed by atoms with Gasteiger partial charge in [0.05, 0.1) is 11.5 Å². The van der Waals surface area contributed by atoms with E-state index in [-0.39, 0.29) is 16.3 Å². The molecular weight excluding hydrogens is 516 g/mol. The molecule has 0 saturated heterocycles. The number of aromatic nitrogens is 1. The van der Waals surface area contributed by atoms with Crippen molar-refractivity contribution in [2.24, 2.45) is 0 Å². The number of carbonyl (C=O) groups is 1. The van der Waals surface area contributed by atoms with Crippen molar-refractivity contribution in [2.75, 3.05) is 6.61 Å². The van der Waals surface area contributed by atoms with Crippen LogP contribution in [0.4, 0.5) is 5.69 Å². The second-order valence-electron chi connectivity index (χ2n) is 10.4. The molecule has 1 aliphatic rings. The van der Waals surface area contributed by atoms with Crippen LogP contribution < -0.4 is 4.74 Å². The first-order chi connectivity index (χ1) is 20.0. The third-order valence-electron chi connectivity index (χ3n) is 7.92. The average molecular weight is 547 g/mol. The molecule has 7 heteroatoms. The second-order valence-corrected chi connectivity index (χ2v) is 10.4. The highest BCUT2D eigenvalue weighted by atomic mass is 16.6. The van der Waals surface area contributed by atoms with Gasteiger partial charge in [-0.1, -0.05) is 48.5 Å². The van der Waals surface area contributed by atoms with Crippen molar-refractivity contribution in [3.8, 4) is 5.75 Å². The predicted molar refractivity (Wildman–Crippen MR) is 161 cm³/mol. The highest BCUT2D eigenvalue weighted by molar-refractivity contribution is 6.04. The minimum Gasteiger partial charge on any atom is -0.493 e. The molecule has 0 amide bonds. The lowest BCUT2D eigenvalue weighted by atomic mass is 9.83. The lowest BCUT2D eigenvalue weighted by Gasteiger charge is -2.22. The Labute approximate surface area is 237 Å². The minimum atomic E-state index is -0.963. The molecule has 6 rings (SSSR count). The number of hydrogen-bond donors (Lipinski definition) is 1. The standard InChI is InChI=1S/C34H30N2O5/c37-34(38)32-22-30-29(28-12-4-3-10-26(28)24-16-18-25(19-17-24)36(39)40)13-6-14-31(30)35(32)20-7-21-41-33-15-5-9-23-8-1-2-11-27(23)33/h1-2,5-6,8-9,11,13-19,22H,3-4,7,10,12,20-21H2,(H,37,38). The summed E-state index contributed by atoms with van der Waals surface area (Å²) in [4.78, 5) is 23.1. The lowest BCUT2D eigenvalue weighted by Crippen LogP contribution is -2.11. The van der Waals surface area contributed by atoms with Gasteiger partial charge >= 0.3 is 5.97 Å². The zero-order valence-electron chi connectivity index (χ0n) is 22.6. The molecule has 1 heterocycles. The van der Waals surface area contributed by atoms with Gasteiger partial charge in [-0.05, 0) is 90.1 Å². The Hall–Kier alpha value is -4.91. The quantitative estimate of drug-likeness (QED) is 0.114. The number of non-ortho nitro benzene ring substituents is 1. The van der Waals surface area contributed by atoms with E-state index in [4.69, 9.17) is 4.74 Å². The summed E-state index contributed by atoms with van der Waals surface area (Å²) in [5.41, 5.74) is 5.57. The van der Waals surface area contributed by atoms with E-state index in [1.165, 1.54) is 11.1 Å². The summed E-state index contributed by atoms with van der Waals surface area (Å²) in [5.74, 6) is -0.139. The molecule has 7 nitrogen and oxygen atoms in total. The fourth-order valence-electron chi connectivity index (χ4n) is 6.00. The maximum absolute atomic E-state index is 12.3. The van der Waals surface area contributed by atoms with E-state index >= 15 is 0 Å². The van der Waals surface area contributed by atoms with E-state index in [0.717, 1.165) is 64.2 Å². The fourth-order valence-corrected chi connectivity index (χ4v) is 6.00. The van der Waals surface area contributed by atoms with Crippen LogP contribution >= 0.6 is 0 Å². The Morgan fingerprint density at radius 2 is 1.61 bits per heavy atom. The van der Waals surface area contributed by atoms with E-state index in [9.17, 15) is 20.0 Å². The van der Waals surface area contributed by atoms with Crippen LogP contribution in [0.15, 0.2) is 91.0 Å². The number of ether oxygens (including phenoxy) is 1. The van der Waals surface area contributed by atoms with Crippen LogP contribution in [0.1, 0.15) is 53.7 Å². The number of carboxylic acids is 1. The first-order valence-electron chi connectivity index (χ1n) is 13.9. The Kier molecular flexibility index (Phi) is 7.25. The smallest absolute Gasteiger partial charge is 0.352 e. The number of benzene rings is 4. The molecule has 0 bridgehead atoms. The number of aromatic carboxylic acids is 1.